The van der Waals surface area contributed by atoms with Crippen LogP contribution < -0.4 is 10.2 Å². The second kappa shape index (κ2) is 7.52. The molecule has 100 valence electrons. The van der Waals surface area contributed by atoms with Crippen molar-refractivity contribution in [1.82, 2.24) is 10.2 Å². The minimum Gasteiger partial charge on any atom is -0.385 e. The molecule has 0 aliphatic heterocycles. The van der Waals surface area contributed by atoms with E-state index in [1.54, 1.807) is 12.2 Å². The molecular formula is C9H15ClF2N2O3. The lowest BCUT2D eigenvalue weighted by Gasteiger charge is -2.27. The predicted molar refractivity (Wildman–Crippen MR) is 57.7 cm³/mol. The number of hydrogen-bond donors (Lipinski definition) is 3. The van der Waals surface area contributed by atoms with Crippen LogP contribution in [0, 0.1) is 0 Å². The Kier molecular flexibility index (Phi) is 7.17. The average molecular weight is 273 g/mol. The molecule has 0 aliphatic carbocycles. The van der Waals surface area contributed by atoms with E-state index in [4.69, 9.17) is 11.8 Å². The Hall–Kier alpha value is -0.790. The standard InChI is InChI=1S/C9H15ClF2N2O3/c1-2-3-6(14-10)7(16)9(11,12)8(17)13-4-5-15/h5-7,14,16H,2-4H2,1H3,(H,13,17)/t6-,7?/m0/s1. The summed E-state index contributed by atoms with van der Waals surface area (Å²) >= 11 is 5.23. The molecule has 1 unspecified atom stereocenters. The maximum Gasteiger partial charge on any atom is 0.351 e. The molecule has 2 atom stereocenters. The highest BCUT2D eigenvalue weighted by Gasteiger charge is 2.49. The van der Waals surface area contributed by atoms with Crippen LogP contribution in [0.25, 0.3) is 0 Å². The molecule has 3 N–H and O–H groups in total. The van der Waals surface area contributed by atoms with Gasteiger partial charge in [0.2, 0.25) is 0 Å². The summed E-state index contributed by atoms with van der Waals surface area (Å²) in [5, 5.41) is 11.1. The fourth-order valence-corrected chi connectivity index (χ4v) is 1.45. The zero-order chi connectivity index (χ0) is 13.5. The number of carbonyl (C=O) groups excluding carboxylic acids is 2. The Balaban J connectivity index is 4.64. The first kappa shape index (κ1) is 16.2. The average Bonchev–Trinajstić information content (AvgIpc) is 2.31. The maximum absolute atomic E-state index is 13.4. The molecule has 0 spiro atoms. The number of nitrogens with one attached hydrogen (secondary N) is 2. The molecule has 1 amide bonds. The van der Waals surface area contributed by atoms with Gasteiger partial charge in [0.25, 0.3) is 5.91 Å². The van der Waals surface area contributed by atoms with Gasteiger partial charge >= 0.3 is 5.92 Å². The fourth-order valence-electron chi connectivity index (χ4n) is 1.22. The summed E-state index contributed by atoms with van der Waals surface area (Å²) in [6, 6.07) is -1.11. The zero-order valence-corrected chi connectivity index (χ0v) is 10.0. The molecule has 0 aromatic heterocycles. The van der Waals surface area contributed by atoms with Gasteiger partial charge < -0.3 is 15.2 Å². The minimum atomic E-state index is -4.01. The first-order valence-electron chi connectivity index (χ1n) is 5.05. The van der Waals surface area contributed by atoms with E-state index >= 15 is 0 Å². The summed E-state index contributed by atoms with van der Waals surface area (Å²) in [5.74, 6) is -5.71. The lowest BCUT2D eigenvalue weighted by Crippen LogP contribution is -2.55. The third-order valence-electron chi connectivity index (χ3n) is 2.14. The van der Waals surface area contributed by atoms with E-state index in [0.29, 0.717) is 6.42 Å². The summed E-state index contributed by atoms with van der Waals surface area (Å²) < 4.78 is 26.8. The van der Waals surface area contributed by atoms with Crippen molar-refractivity contribution in [1.29, 1.82) is 0 Å². The monoisotopic (exact) mass is 272 g/mol. The van der Waals surface area contributed by atoms with Gasteiger partial charge in [-0.1, -0.05) is 13.3 Å². The molecule has 5 nitrogen and oxygen atoms in total. The second-order valence-corrected chi connectivity index (χ2v) is 3.67. The van der Waals surface area contributed by atoms with Crippen molar-refractivity contribution in [2.45, 2.75) is 37.8 Å². The van der Waals surface area contributed by atoms with Crippen molar-refractivity contribution in [3.05, 3.63) is 0 Å². The maximum atomic E-state index is 13.4. The van der Waals surface area contributed by atoms with Gasteiger partial charge in [0.15, 0.2) is 0 Å². The van der Waals surface area contributed by atoms with E-state index < -0.39 is 30.5 Å². The van der Waals surface area contributed by atoms with Gasteiger partial charge in [0.1, 0.15) is 12.4 Å². The molecule has 8 heteroatoms. The molecule has 0 saturated carbocycles. The Morgan fingerprint density at radius 2 is 2.18 bits per heavy atom. The highest BCUT2D eigenvalue weighted by molar-refractivity contribution is 6.13. The van der Waals surface area contributed by atoms with Gasteiger partial charge in [0, 0.05) is 0 Å². The summed E-state index contributed by atoms with van der Waals surface area (Å²) in [6.45, 7) is 1.19. The molecule has 0 aliphatic rings. The second-order valence-electron chi connectivity index (χ2n) is 3.45. The Bertz CT molecular complexity index is 267. The topological polar surface area (TPSA) is 78.4 Å². The molecule has 17 heavy (non-hydrogen) atoms. The van der Waals surface area contributed by atoms with Crippen molar-refractivity contribution in [2.75, 3.05) is 6.54 Å². The molecule has 0 heterocycles. The number of halogens is 3. The van der Waals surface area contributed by atoms with Crippen LogP contribution in [0.4, 0.5) is 8.78 Å². The highest BCUT2D eigenvalue weighted by Crippen LogP contribution is 2.23. The van der Waals surface area contributed by atoms with Crippen LogP contribution in [0.2, 0.25) is 0 Å². The SMILES string of the molecule is CCC[C@H](NCl)C(O)C(F)(F)C(=O)NCC=O. The summed E-state index contributed by atoms with van der Waals surface area (Å²) in [5.41, 5.74) is 0. The van der Waals surface area contributed by atoms with E-state index in [1.165, 1.54) is 0 Å². The summed E-state index contributed by atoms with van der Waals surface area (Å²) in [7, 11) is 0. The number of aliphatic hydroxyl groups excluding tert-OH is 1. The molecule has 0 aromatic rings. The Morgan fingerprint density at radius 1 is 1.59 bits per heavy atom. The number of hydrogen-bond acceptors (Lipinski definition) is 4. The molecule has 0 radical (unpaired) electrons. The third kappa shape index (κ3) is 4.53. The zero-order valence-electron chi connectivity index (χ0n) is 9.25. The van der Waals surface area contributed by atoms with E-state index in [9.17, 15) is 23.5 Å². The van der Waals surface area contributed by atoms with Crippen molar-refractivity contribution in [3.63, 3.8) is 0 Å². The molecule has 0 rings (SSSR count). The largest absolute Gasteiger partial charge is 0.385 e. The molecular weight excluding hydrogens is 258 g/mol. The van der Waals surface area contributed by atoms with Gasteiger partial charge in [-0.25, -0.2) is 4.84 Å². The lowest BCUT2D eigenvalue weighted by atomic mass is 10.0. The molecule has 0 fully saturated rings. The Morgan fingerprint density at radius 3 is 2.59 bits per heavy atom. The number of aliphatic hydroxyl groups is 1. The smallest absolute Gasteiger partial charge is 0.351 e. The lowest BCUT2D eigenvalue weighted by molar-refractivity contribution is -0.166. The normalized spacial score (nSPS) is 15.1. The Labute approximate surface area is 103 Å². The predicted octanol–water partition coefficient (Wildman–Crippen LogP) is 0.210. The van der Waals surface area contributed by atoms with Crippen LogP contribution in [-0.2, 0) is 9.59 Å². The van der Waals surface area contributed by atoms with Crippen LogP contribution in [0.3, 0.4) is 0 Å². The van der Waals surface area contributed by atoms with Crippen LogP contribution in [0.1, 0.15) is 19.8 Å². The van der Waals surface area contributed by atoms with Gasteiger partial charge in [-0.3, -0.25) is 4.79 Å². The van der Waals surface area contributed by atoms with E-state index in [-0.39, 0.29) is 12.7 Å². The quantitative estimate of drug-likeness (QED) is 0.436. The number of alkyl halides is 2. The van der Waals surface area contributed by atoms with E-state index in [0.717, 1.165) is 0 Å². The molecule has 0 saturated heterocycles. The van der Waals surface area contributed by atoms with Crippen LogP contribution in [0.15, 0.2) is 0 Å². The van der Waals surface area contributed by atoms with Crippen LogP contribution >= 0.6 is 11.8 Å². The summed E-state index contributed by atoms with van der Waals surface area (Å²) in [4.78, 5) is 23.0. The fraction of sp³-hybridized carbons (Fsp3) is 0.778. The van der Waals surface area contributed by atoms with Crippen LogP contribution in [0.5, 0.6) is 0 Å². The highest BCUT2D eigenvalue weighted by atomic mass is 35.5. The minimum absolute atomic E-state index is 0.182. The molecule has 0 aromatic carbocycles. The van der Waals surface area contributed by atoms with Gasteiger partial charge in [-0.05, 0) is 18.2 Å². The van der Waals surface area contributed by atoms with Crippen LogP contribution in [-0.4, -0.2) is 41.9 Å². The number of rotatable bonds is 8. The van der Waals surface area contributed by atoms with E-state index in [1.807, 2.05) is 4.84 Å². The van der Waals surface area contributed by atoms with Gasteiger partial charge in [-0.2, -0.15) is 8.78 Å². The summed E-state index contributed by atoms with van der Waals surface area (Å²) in [6.07, 6.45) is -1.30. The number of carbonyl (C=O) groups is 2. The van der Waals surface area contributed by atoms with Crippen molar-refractivity contribution >= 4 is 24.0 Å². The number of amides is 1. The first-order chi connectivity index (χ1) is 7.91. The number of aldehydes is 1. The molecule has 0 bridgehead atoms. The van der Waals surface area contributed by atoms with E-state index in [2.05, 4.69) is 0 Å². The van der Waals surface area contributed by atoms with Crippen molar-refractivity contribution in [2.24, 2.45) is 0 Å². The van der Waals surface area contributed by atoms with Gasteiger partial charge in [0.05, 0.1) is 12.6 Å². The van der Waals surface area contributed by atoms with Crippen molar-refractivity contribution < 1.29 is 23.5 Å². The third-order valence-corrected chi connectivity index (χ3v) is 2.42. The van der Waals surface area contributed by atoms with Gasteiger partial charge in [-0.15, -0.1) is 0 Å². The van der Waals surface area contributed by atoms with Crippen molar-refractivity contribution in [3.8, 4) is 0 Å². The first-order valence-corrected chi connectivity index (χ1v) is 5.43.